The summed E-state index contributed by atoms with van der Waals surface area (Å²) in [5, 5.41) is 8.78. The summed E-state index contributed by atoms with van der Waals surface area (Å²) in [5.74, 6) is 1.63. The number of ether oxygens (including phenoxy) is 2. The number of ketones is 1. The van der Waals surface area contributed by atoms with Gasteiger partial charge >= 0.3 is 5.97 Å². The molecule has 2 unspecified atom stereocenters. The first kappa shape index (κ1) is 25.1. The van der Waals surface area contributed by atoms with Crippen molar-refractivity contribution in [2.24, 2.45) is 23.7 Å². The van der Waals surface area contributed by atoms with E-state index < -0.39 is 0 Å². The van der Waals surface area contributed by atoms with Crippen LogP contribution in [0.4, 0.5) is 0 Å². The van der Waals surface area contributed by atoms with Crippen molar-refractivity contribution >= 4 is 11.8 Å². The first-order chi connectivity index (χ1) is 13.1. The van der Waals surface area contributed by atoms with Gasteiger partial charge in [0.2, 0.25) is 0 Å². The van der Waals surface area contributed by atoms with Crippen molar-refractivity contribution in [3.63, 3.8) is 0 Å². The number of hydrogen-bond donors (Lipinski definition) is 1. The lowest BCUT2D eigenvalue weighted by Crippen LogP contribution is -2.26. The van der Waals surface area contributed by atoms with Crippen LogP contribution in [0.5, 0.6) is 0 Å². The highest BCUT2D eigenvalue weighted by Gasteiger charge is 2.27. The maximum atomic E-state index is 12.1. The molecule has 0 aromatic carbocycles. The Morgan fingerprint density at radius 2 is 1.71 bits per heavy atom. The average Bonchev–Trinajstić information content (AvgIpc) is 2.64. The van der Waals surface area contributed by atoms with Gasteiger partial charge in [-0.3, -0.25) is 9.59 Å². The first-order valence-corrected chi connectivity index (χ1v) is 11.1. The number of Topliss-reactive ketones (excluding diaryl/α,β-unsaturated/α-hetero) is 1. The Labute approximate surface area is 171 Å². The van der Waals surface area contributed by atoms with Gasteiger partial charge in [0.05, 0.1) is 18.1 Å². The standard InChI is InChI=1S/C23H42O5/c1-6-18(13-17(2)22(26)27-12-11-24)14-19-7-9-20(10-8-19)15-21(25)16-28-23(3,4)5/h17-20,24H,6-16H2,1-5H3. The lowest BCUT2D eigenvalue weighted by Gasteiger charge is -2.31. The van der Waals surface area contributed by atoms with E-state index in [0.717, 1.165) is 32.1 Å². The van der Waals surface area contributed by atoms with Gasteiger partial charge < -0.3 is 14.6 Å². The second-order valence-electron chi connectivity index (χ2n) is 9.57. The van der Waals surface area contributed by atoms with Crippen LogP contribution < -0.4 is 0 Å². The zero-order chi connectivity index (χ0) is 21.2. The number of hydrogen-bond acceptors (Lipinski definition) is 5. The second-order valence-corrected chi connectivity index (χ2v) is 9.57. The molecule has 2 atom stereocenters. The van der Waals surface area contributed by atoms with Crippen molar-refractivity contribution in [3.8, 4) is 0 Å². The van der Waals surface area contributed by atoms with Gasteiger partial charge in [-0.05, 0) is 64.2 Å². The molecule has 5 nitrogen and oxygen atoms in total. The molecule has 5 heteroatoms. The lowest BCUT2D eigenvalue weighted by atomic mass is 9.75. The molecule has 1 N–H and O–H groups in total. The van der Waals surface area contributed by atoms with E-state index >= 15 is 0 Å². The van der Waals surface area contributed by atoms with E-state index in [-0.39, 0.29) is 43.1 Å². The summed E-state index contributed by atoms with van der Waals surface area (Å²) < 4.78 is 10.6. The number of aliphatic hydroxyl groups excluding tert-OH is 1. The largest absolute Gasteiger partial charge is 0.463 e. The van der Waals surface area contributed by atoms with E-state index in [0.29, 0.717) is 24.2 Å². The zero-order valence-corrected chi connectivity index (χ0v) is 18.7. The van der Waals surface area contributed by atoms with E-state index in [1.165, 1.54) is 12.8 Å². The maximum Gasteiger partial charge on any atom is 0.308 e. The number of aliphatic hydroxyl groups is 1. The van der Waals surface area contributed by atoms with E-state index in [1.807, 2.05) is 27.7 Å². The molecule has 1 fully saturated rings. The van der Waals surface area contributed by atoms with Crippen LogP contribution >= 0.6 is 0 Å². The molecule has 0 aromatic heterocycles. The van der Waals surface area contributed by atoms with Gasteiger partial charge in [0.25, 0.3) is 0 Å². The summed E-state index contributed by atoms with van der Waals surface area (Å²) in [5.41, 5.74) is -0.260. The van der Waals surface area contributed by atoms with Crippen LogP contribution in [0, 0.1) is 23.7 Å². The quantitative estimate of drug-likeness (QED) is 0.488. The third-order valence-corrected chi connectivity index (χ3v) is 5.82. The van der Waals surface area contributed by atoms with E-state index in [1.54, 1.807) is 0 Å². The molecule has 0 amide bonds. The van der Waals surface area contributed by atoms with Crippen molar-refractivity contribution in [2.45, 2.75) is 91.6 Å². The Morgan fingerprint density at radius 1 is 1.11 bits per heavy atom. The third kappa shape index (κ3) is 10.6. The molecule has 1 aliphatic rings. The van der Waals surface area contributed by atoms with E-state index in [4.69, 9.17) is 14.6 Å². The van der Waals surface area contributed by atoms with E-state index in [9.17, 15) is 9.59 Å². The molecule has 1 saturated carbocycles. The summed E-state index contributed by atoms with van der Waals surface area (Å²) in [6.45, 7) is 10.2. The molecule has 0 spiro atoms. The second kappa shape index (κ2) is 12.6. The Kier molecular flexibility index (Phi) is 11.3. The minimum absolute atomic E-state index is 0.0868. The first-order valence-electron chi connectivity index (χ1n) is 11.1. The number of rotatable bonds is 12. The molecular weight excluding hydrogens is 356 g/mol. The fraction of sp³-hybridized carbons (Fsp3) is 0.913. The summed E-state index contributed by atoms with van der Waals surface area (Å²) >= 11 is 0. The summed E-state index contributed by atoms with van der Waals surface area (Å²) in [6, 6.07) is 0. The van der Waals surface area contributed by atoms with E-state index in [2.05, 4.69) is 6.92 Å². The number of carbonyl (C=O) groups is 2. The SMILES string of the molecule is CCC(CC1CCC(CC(=O)COC(C)(C)C)CC1)CC(C)C(=O)OCCO. The Hall–Kier alpha value is -0.940. The summed E-state index contributed by atoms with van der Waals surface area (Å²) in [7, 11) is 0. The maximum absolute atomic E-state index is 12.1. The van der Waals surface area contributed by atoms with Crippen LogP contribution in [0.3, 0.4) is 0 Å². The zero-order valence-electron chi connectivity index (χ0n) is 18.7. The van der Waals surface area contributed by atoms with Crippen LogP contribution in [-0.4, -0.2) is 42.3 Å². The van der Waals surface area contributed by atoms with Crippen LogP contribution in [0.25, 0.3) is 0 Å². The van der Waals surface area contributed by atoms with Gasteiger partial charge in [0.1, 0.15) is 13.2 Å². The minimum atomic E-state index is -0.260. The van der Waals surface area contributed by atoms with Crippen LogP contribution in [0.1, 0.15) is 86.0 Å². The Bertz CT molecular complexity index is 460. The molecule has 1 aliphatic carbocycles. The number of esters is 1. The van der Waals surface area contributed by atoms with Crippen LogP contribution in [-0.2, 0) is 19.1 Å². The third-order valence-electron chi connectivity index (χ3n) is 5.82. The smallest absolute Gasteiger partial charge is 0.308 e. The fourth-order valence-electron chi connectivity index (χ4n) is 4.13. The monoisotopic (exact) mass is 398 g/mol. The van der Waals surface area contributed by atoms with Gasteiger partial charge in [-0.15, -0.1) is 0 Å². The van der Waals surface area contributed by atoms with Crippen molar-refractivity contribution in [1.29, 1.82) is 0 Å². The van der Waals surface area contributed by atoms with Crippen LogP contribution in [0.2, 0.25) is 0 Å². The van der Waals surface area contributed by atoms with Gasteiger partial charge in [-0.25, -0.2) is 0 Å². The summed E-state index contributed by atoms with van der Waals surface area (Å²) in [4.78, 5) is 24.1. The highest BCUT2D eigenvalue weighted by atomic mass is 16.5. The highest BCUT2D eigenvalue weighted by Crippen LogP contribution is 2.36. The van der Waals surface area contributed by atoms with Crippen molar-refractivity contribution in [1.82, 2.24) is 0 Å². The lowest BCUT2D eigenvalue weighted by molar-refractivity contribution is -0.149. The van der Waals surface area contributed by atoms with Gasteiger partial charge in [0.15, 0.2) is 5.78 Å². The molecule has 0 saturated heterocycles. The van der Waals surface area contributed by atoms with Crippen molar-refractivity contribution < 1.29 is 24.2 Å². The van der Waals surface area contributed by atoms with Crippen LogP contribution in [0.15, 0.2) is 0 Å². The fourth-order valence-corrected chi connectivity index (χ4v) is 4.13. The van der Waals surface area contributed by atoms with Gasteiger partial charge in [0, 0.05) is 6.42 Å². The molecule has 1 rings (SSSR count). The highest BCUT2D eigenvalue weighted by molar-refractivity contribution is 5.79. The minimum Gasteiger partial charge on any atom is -0.463 e. The Morgan fingerprint density at radius 3 is 2.25 bits per heavy atom. The average molecular weight is 399 g/mol. The normalized spacial score (nSPS) is 22.5. The molecule has 0 bridgehead atoms. The Balaban J connectivity index is 2.32. The molecule has 0 aromatic rings. The molecule has 164 valence electrons. The number of carbonyl (C=O) groups excluding carboxylic acids is 2. The molecule has 0 heterocycles. The van der Waals surface area contributed by atoms with Gasteiger partial charge in [-0.2, -0.15) is 0 Å². The molecule has 28 heavy (non-hydrogen) atoms. The van der Waals surface area contributed by atoms with Gasteiger partial charge in [-0.1, -0.05) is 33.1 Å². The topological polar surface area (TPSA) is 72.8 Å². The predicted octanol–water partition coefficient (Wildman–Crippen LogP) is 4.55. The molecule has 0 radical (unpaired) electrons. The van der Waals surface area contributed by atoms with Crippen molar-refractivity contribution in [2.75, 3.05) is 19.8 Å². The summed E-state index contributed by atoms with van der Waals surface area (Å²) in [6.07, 6.45) is 8.32. The molecular formula is C23H42O5. The predicted molar refractivity (Wildman–Crippen MR) is 111 cm³/mol. The molecule has 0 aliphatic heterocycles. The van der Waals surface area contributed by atoms with Crippen molar-refractivity contribution in [3.05, 3.63) is 0 Å².